The minimum absolute atomic E-state index is 0.0176. The number of pyridine rings is 2. The second kappa shape index (κ2) is 15.3. The summed E-state index contributed by atoms with van der Waals surface area (Å²) in [6.07, 6.45) is 8.97. The predicted octanol–water partition coefficient (Wildman–Crippen LogP) is 8.02. The molecule has 0 unspecified atom stereocenters. The Hall–Kier alpha value is -3.94. The summed E-state index contributed by atoms with van der Waals surface area (Å²) in [5.41, 5.74) is 3.75. The number of carbonyl (C=O) groups excluding carboxylic acids is 1. The average Bonchev–Trinajstić information content (AvgIpc) is 3.92. The number of aryl methyl sites for hydroxylation is 1. The van der Waals surface area contributed by atoms with E-state index in [9.17, 15) is 14.7 Å². The highest BCUT2D eigenvalue weighted by molar-refractivity contribution is 6.08. The normalized spacial score (nSPS) is 16.8. The van der Waals surface area contributed by atoms with Crippen molar-refractivity contribution in [3.8, 4) is 11.6 Å². The van der Waals surface area contributed by atoms with Gasteiger partial charge in [-0.15, -0.1) is 0 Å². The van der Waals surface area contributed by atoms with Gasteiger partial charge in [-0.05, 0) is 99.1 Å². The minimum Gasteiger partial charge on any atom is -0.497 e. The molecule has 1 saturated carbocycles. The number of nitrogens with zero attached hydrogens (tertiary/aromatic N) is 3. The van der Waals surface area contributed by atoms with E-state index < -0.39 is 17.3 Å². The van der Waals surface area contributed by atoms with E-state index in [0.29, 0.717) is 24.3 Å². The molecule has 0 bridgehead atoms. The standard InChI is InChI=1S/C39H51N3O5/c1-6-18-39(19-7-2,34-10-8-9-26(3)41-34)37(43)32-14-13-31(46-5)24-33(32)42-21-16-28(17-22-42)25-47-35-23-30(15-20-40-35)36(29-11-12-29)27(4)38(44)45/h8-10,13-15,20,23-24,27-29,36H,6-7,11-12,16-19,21-22,25H2,1-5H3,(H,44,45)/t27-,36-/m0/s1. The maximum atomic E-state index is 14.8. The fourth-order valence-corrected chi connectivity index (χ4v) is 7.57. The number of rotatable bonds is 16. The number of anilines is 1. The van der Waals surface area contributed by atoms with Gasteiger partial charge in [-0.1, -0.05) is 39.7 Å². The Morgan fingerprint density at radius 1 is 1.02 bits per heavy atom. The number of hydrogen-bond acceptors (Lipinski definition) is 7. The number of Topliss-reactive ketones (excluding diaryl/α,β-unsaturated/α-hetero) is 1. The van der Waals surface area contributed by atoms with Crippen LogP contribution in [0.25, 0.3) is 0 Å². The third-order valence-electron chi connectivity index (χ3n) is 10.2. The van der Waals surface area contributed by atoms with Crippen LogP contribution in [-0.4, -0.2) is 53.6 Å². The molecular formula is C39H51N3O5. The minimum atomic E-state index is -0.762. The average molecular weight is 642 g/mol. The lowest BCUT2D eigenvalue weighted by atomic mass is 9.70. The van der Waals surface area contributed by atoms with Crippen molar-refractivity contribution in [2.24, 2.45) is 17.8 Å². The van der Waals surface area contributed by atoms with Gasteiger partial charge in [-0.3, -0.25) is 14.6 Å². The molecule has 2 aliphatic rings. The second-order valence-electron chi connectivity index (χ2n) is 13.6. The smallest absolute Gasteiger partial charge is 0.306 e. The molecule has 1 N–H and O–H groups in total. The van der Waals surface area contributed by atoms with Crippen LogP contribution < -0.4 is 14.4 Å². The molecule has 2 fully saturated rings. The molecule has 3 aromatic rings. The first-order valence-electron chi connectivity index (χ1n) is 17.4. The van der Waals surface area contributed by atoms with Crippen LogP contribution in [0.1, 0.15) is 105 Å². The molecule has 47 heavy (non-hydrogen) atoms. The highest BCUT2D eigenvalue weighted by atomic mass is 16.5. The summed E-state index contributed by atoms with van der Waals surface area (Å²) in [5.74, 6) is 0.957. The molecule has 8 nitrogen and oxygen atoms in total. The van der Waals surface area contributed by atoms with Crippen molar-refractivity contribution in [3.63, 3.8) is 0 Å². The highest BCUT2D eigenvalue weighted by Gasteiger charge is 2.42. The lowest BCUT2D eigenvalue weighted by Crippen LogP contribution is -2.40. The number of methoxy groups -OCH3 is 1. The number of aliphatic carboxylic acids is 1. The number of benzene rings is 1. The summed E-state index contributed by atoms with van der Waals surface area (Å²) < 4.78 is 11.8. The Labute approximate surface area is 279 Å². The molecule has 252 valence electrons. The van der Waals surface area contributed by atoms with E-state index in [1.807, 2.05) is 55.5 Å². The Balaban J connectivity index is 1.31. The first-order chi connectivity index (χ1) is 22.7. The summed E-state index contributed by atoms with van der Waals surface area (Å²) in [6.45, 7) is 10.2. The van der Waals surface area contributed by atoms with Gasteiger partial charge in [-0.2, -0.15) is 0 Å². The van der Waals surface area contributed by atoms with Crippen LogP contribution in [0, 0.1) is 24.7 Å². The Morgan fingerprint density at radius 3 is 2.36 bits per heavy atom. The van der Waals surface area contributed by atoms with Crippen molar-refractivity contribution in [1.29, 1.82) is 0 Å². The largest absolute Gasteiger partial charge is 0.497 e. The number of piperidine rings is 1. The van der Waals surface area contributed by atoms with Crippen LogP contribution >= 0.6 is 0 Å². The first-order valence-corrected chi connectivity index (χ1v) is 17.4. The molecule has 8 heteroatoms. The van der Waals surface area contributed by atoms with Crippen molar-refractivity contribution < 1.29 is 24.2 Å². The zero-order valence-corrected chi connectivity index (χ0v) is 28.7. The highest BCUT2D eigenvalue weighted by Crippen LogP contribution is 2.47. The van der Waals surface area contributed by atoms with E-state index in [2.05, 4.69) is 23.7 Å². The third-order valence-corrected chi connectivity index (χ3v) is 10.2. The van der Waals surface area contributed by atoms with E-state index >= 15 is 0 Å². The fourth-order valence-electron chi connectivity index (χ4n) is 7.57. The SMILES string of the molecule is CCCC(CCC)(C(=O)c1ccc(OC)cc1N1CCC(COc2cc([C@H](C3CC3)[C@H](C)C(=O)O)ccn2)CC1)c1cccc(C)n1. The summed E-state index contributed by atoms with van der Waals surface area (Å²) in [4.78, 5) is 38.2. The van der Waals surface area contributed by atoms with E-state index in [0.717, 1.165) is 98.4 Å². The van der Waals surface area contributed by atoms with Gasteiger partial charge in [-0.25, -0.2) is 4.98 Å². The maximum absolute atomic E-state index is 14.8. The molecule has 5 rings (SSSR count). The van der Waals surface area contributed by atoms with Crippen molar-refractivity contribution in [2.75, 3.05) is 31.7 Å². The third kappa shape index (κ3) is 7.79. The lowest BCUT2D eigenvalue weighted by Gasteiger charge is -2.37. The van der Waals surface area contributed by atoms with Crippen molar-refractivity contribution >= 4 is 17.4 Å². The number of carbonyl (C=O) groups is 2. The van der Waals surface area contributed by atoms with Crippen LogP contribution in [0.3, 0.4) is 0 Å². The number of carboxylic acid groups (broad SMARTS) is 1. The van der Waals surface area contributed by atoms with Gasteiger partial charge >= 0.3 is 5.97 Å². The molecule has 0 radical (unpaired) electrons. The predicted molar refractivity (Wildman–Crippen MR) is 185 cm³/mol. The molecule has 0 spiro atoms. The summed E-state index contributed by atoms with van der Waals surface area (Å²) in [5, 5.41) is 9.68. The van der Waals surface area contributed by atoms with Crippen molar-refractivity contribution in [2.45, 2.75) is 90.4 Å². The zero-order valence-electron chi connectivity index (χ0n) is 28.7. The molecule has 3 heterocycles. The Morgan fingerprint density at radius 2 is 1.74 bits per heavy atom. The van der Waals surface area contributed by atoms with Crippen molar-refractivity contribution in [1.82, 2.24) is 9.97 Å². The van der Waals surface area contributed by atoms with E-state index in [1.54, 1.807) is 20.2 Å². The fraction of sp³-hybridized carbons (Fsp3) is 0.538. The van der Waals surface area contributed by atoms with Crippen LogP contribution in [-0.2, 0) is 10.2 Å². The van der Waals surface area contributed by atoms with Gasteiger partial charge in [0.15, 0.2) is 5.78 Å². The number of carboxylic acids is 1. The maximum Gasteiger partial charge on any atom is 0.306 e. The molecular weight excluding hydrogens is 590 g/mol. The zero-order chi connectivity index (χ0) is 33.6. The van der Waals surface area contributed by atoms with E-state index in [4.69, 9.17) is 14.5 Å². The summed E-state index contributed by atoms with van der Waals surface area (Å²) in [7, 11) is 1.66. The molecule has 2 aromatic heterocycles. The van der Waals surface area contributed by atoms with Crippen LogP contribution in [0.15, 0.2) is 54.7 Å². The quantitative estimate of drug-likeness (QED) is 0.157. The van der Waals surface area contributed by atoms with Gasteiger partial charge in [0.05, 0.1) is 36.4 Å². The second-order valence-corrected chi connectivity index (χ2v) is 13.6. The number of ether oxygens (including phenoxy) is 2. The van der Waals surface area contributed by atoms with Gasteiger partial charge in [0.25, 0.3) is 0 Å². The van der Waals surface area contributed by atoms with Gasteiger partial charge < -0.3 is 19.5 Å². The summed E-state index contributed by atoms with van der Waals surface area (Å²) in [6, 6.07) is 15.8. The van der Waals surface area contributed by atoms with Gasteiger partial charge in [0.1, 0.15) is 5.75 Å². The molecule has 1 aliphatic heterocycles. The van der Waals surface area contributed by atoms with E-state index in [1.165, 1.54) is 0 Å². The first kappa shape index (κ1) is 34.4. The molecule has 1 saturated heterocycles. The number of hydrogen-bond donors (Lipinski definition) is 1. The monoisotopic (exact) mass is 641 g/mol. The molecule has 1 aromatic carbocycles. The Bertz CT molecular complexity index is 1520. The summed E-state index contributed by atoms with van der Waals surface area (Å²) >= 11 is 0. The topological polar surface area (TPSA) is 102 Å². The molecule has 1 aliphatic carbocycles. The lowest BCUT2D eigenvalue weighted by molar-refractivity contribution is -0.142. The Kier molecular flexibility index (Phi) is 11.2. The van der Waals surface area contributed by atoms with Crippen molar-refractivity contribution in [3.05, 3.63) is 77.2 Å². The molecule has 0 amide bonds. The number of ketones is 1. The van der Waals surface area contributed by atoms with Gasteiger partial charge in [0, 0.05) is 42.7 Å². The van der Waals surface area contributed by atoms with Crippen LogP contribution in [0.5, 0.6) is 11.6 Å². The van der Waals surface area contributed by atoms with Crippen LogP contribution in [0.2, 0.25) is 0 Å². The molecule has 2 atom stereocenters. The van der Waals surface area contributed by atoms with Gasteiger partial charge in [0.2, 0.25) is 5.88 Å². The number of aromatic nitrogens is 2. The van der Waals surface area contributed by atoms with Crippen LogP contribution in [0.4, 0.5) is 5.69 Å². The van der Waals surface area contributed by atoms with E-state index in [-0.39, 0.29) is 11.7 Å².